The number of hydrogen-bond donors (Lipinski definition) is 1. The molecule has 1 amide bonds. The van der Waals surface area contributed by atoms with Gasteiger partial charge >= 0.3 is 0 Å². The van der Waals surface area contributed by atoms with Gasteiger partial charge in [0.15, 0.2) is 15.0 Å². The summed E-state index contributed by atoms with van der Waals surface area (Å²) in [6.45, 7) is 3.93. The maximum absolute atomic E-state index is 12.2. The highest BCUT2D eigenvalue weighted by Crippen LogP contribution is 2.30. The molecule has 1 aromatic heterocycles. The van der Waals surface area contributed by atoms with Crippen LogP contribution in [0.3, 0.4) is 0 Å². The summed E-state index contributed by atoms with van der Waals surface area (Å²) >= 11 is 1.35. The third-order valence-electron chi connectivity index (χ3n) is 3.61. The number of aryl methyl sites for hydroxylation is 2. The second-order valence-corrected chi connectivity index (χ2v) is 8.51. The summed E-state index contributed by atoms with van der Waals surface area (Å²) in [6, 6.07) is 11.9. The molecule has 0 saturated carbocycles. The van der Waals surface area contributed by atoms with Gasteiger partial charge in [-0.25, -0.2) is 13.4 Å². The van der Waals surface area contributed by atoms with Crippen LogP contribution in [0.4, 0.5) is 5.13 Å². The van der Waals surface area contributed by atoms with Crippen LogP contribution < -0.4 is 5.32 Å². The Morgan fingerprint density at radius 1 is 1.08 bits per heavy atom. The molecular weight excluding hydrogens is 344 g/mol. The molecule has 0 unspecified atom stereocenters. The second-order valence-electron chi connectivity index (χ2n) is 5.52. The van der Waals surface area contributed by atoms with Gasteiger partial charge in [-0.1, -0.05) is 41.7 Å². The van der Waals surface area contributed by atoms with E-state index in [-0.39, 0.29) is 4.90 Å². The highest BCUT2D eigenvalue weighted by molar-refractivity contribution is 7.92. The molecule has 0 saturated heterocycles. The van der Waals surface area contributed by atoms with E-state index in [1.165, 1.54) is 23.5 Å². The van der Waals surface area contributed by atoms with Gasteiger partial charge in [0.25, 0.3) is 0 Å². The number of amides is 1. The number of sulfone groups is 1. The SMILES string of the molecule is Cc1ccc(C)c2sc(NC(=O)CS(=O)(=O)c3ccccc3)nc12. The molecule has 0 aliphatic carbocycles. The minimum absolute atomic E-state index is 0.135. The van der Waals surface area contributed by atoms with Gasteiger partial charge in [-0.05, 0) is 37.1 Å². The number of fused-ring (bicyclic) bond motifs is 1. The van der Waals surface area contributed by atoms with Crippen molar-refractivity contribution in [3.05, 3.63) is 53.6 Å². The maximum Gasteiger partial charge on any atom is 0.241 e. The average molecular weight is 360 g/mol. The molecule has 124 valence electrons. The molecule has 3 rings (SSSR count). The Kier molecular flexibility index (Phi) is 4.38. The molecule has 0 bridgehead atoms. The smallest absolute Gasteiger partial charge is 0.241 e. The molecule has 0 aliphatic rings. The molecule has 0 spiro atoms. The molecule has 3 aromatic rings. The van der Waals surface area contributed by atoms with Crippen molar-refractivity contribution >= 4 is 42.4 Å². The molecule has 24 heavy (non-hydrogen) atoms. The average Bonchev–Trinajstić information content (AvgIpc) is 2.96. The first kappa shape index (κ1) is 16.6. The molecule has 0 radical (unpaired) electrons. The number of nitrogens with one attached hydrogen (secondary N) is 1. The van der Waals surface area contributed by atoms with Crippen LogP contribution in [0.15, 0.2) is 47.4 Å². The standard InChI is InChI=1S/C17H16N2O3S2/c1-11-8-9-12(2)16-15(11)19-17(23-16)18-14(20)10-24(21,22)13-6-4-3-5-7-13/h3-9H,10H2,1-2H3,(H,18,19,20). The molecular formula is C17H16N2O3S2. The van der Waals surface area contributed by atoms with Crippen molar-refractivity contribution in [1.82, 2.24) is 4.98 Å². The lowest BCUT2D eigenvalue weighted by molar-refractivity contribution is -0.113. The molecule has 1 heterocycles. The van der Waals surface area contributed by atoms with Crippen LogP contribution in [0.1, 0.15) is 11.1 Å². The van der Waals surface area contributed by atoms with Crippen molar-refractivity contribution in [2.45, 2.75) is 18.7 Å². The molecule has 5 nitrogen and oxygen atoms in total. The van der Waals surface area contributed by atoms with Crippen molar-refractivity contribution < 1.29 is 13.2 Å². The van der Waals surface area contributed by atoms with Crippen LogP contribution in [-0.2, 0) is 14.6 Å². The van der Waals surface area contributed by atoms with Crippen molar-refractivity contribution in [2.24, 2.45) is 0 Å². The molecule has 7 heteroatoms. The summed E-state index contributed by atoms with van der Waals surface area (Å²) in [6.07, 6.45) is 0. The minimum atomic E-state index is -3.66. The number of benzene rings is 2. The number of aromatic nitrogens is 1. The largest absolute Gasteiger partial charge is 0.301 e. The van der Waals surface area contributed by atoms with E-state index in [2.05, 4.69) is 10.3 Å². The first-order chi connectivity index (χ1) is 11.4. The normalized spacial score (nSPS) is 11.6. The first-order valence-electron chi connectivity index (χ1n) is 7.31. The van der Waals surface area contributed by atoms with Crippen molar-refractivity contribution in [3.8, 4) is 0 Å². The van der Waals surface area contributed by atoms with Crippen molar-refractivity contribution in [1.29, 1.82) is 0 Å². The zero-order valence-electron chi connectivity index (χ0n) is 13.2. The lowest BCUT2D eigenvalue weighted by atomic mass is 10.1. The fourth-order valence-corrected chi connectivity index (χ4v) is 4.54. The van der Waals surface area contributed by atoms with Gasteiger partial charge in [-0.15, -0.1) is 0 Å². The van der Waals surface area contributed by atoms with Gasteiger partial charge in [0.1, 0.15) is 5.75 Å². The van der Waals surface area contributed by atoms with E-state index in [1.54, 1.807) is 18.2 Å². The summed E-state index contributed by atoms with van der Waals surface area (Å²) in [5, 5.41) is 3.01. The lowest BCUT2D eigenvalue weighted by Crippen LogP contribution is -2.22. The Morgan fingerprint density at radius 3 is 2.42 bits per heavy atom. The first-order valence-corrected chi connectivity index (χ1v) is 9.78. The van der Waals surface area contributed by atoms with Gasteiger partial charge in [0.05, 0.1) is 15.1 Å². The minimum Gasteiger partial charge on any atom is -0.301 e. The van der Waals surface area contributed by atoms with Gasteiger partial charge in [-0.2, -0.15) is 0 Å². The Hall–Kier alpha value is -2.25. The molecule has 0 atom stereocenters. The number of anilines is 1. The van der Waals surface area contributed by atoms with Crippen LogP contribution in [-0.4, -0.2) is 25.1 Å². The van der Waals surface area contributed by atoms with Crippen molar-refractivity contribution in [2.75, 3.05) is 11.1 Å². The van der Waals surface area contributed by atoms with E-state index in [0.29, 0.717) is 5.13 Å². The van der Waals surface area contributed by atoms with Gasteiger partial charge in [0.2, 0.25) is 5.91 Å². The van der Waals surface area contributed by atoms with E-state index in [0.717, 1.165) is 21.3 Å². The summed E-state index contributed by atoms with van der Waals surface area (Å²) in [7, 11) is -3.66. The number of rotatable bonds is 4. The van der Waals surface area contributed by atoms with Crippen LogP contribution >= 0.6 is 11.3 Å². The van der Waals surface area contributed by atoms with Crippen LogP contribution in [0.25, 0.3) is 10.2 Å². The second kappa shape index (κ2) is 6.33. The Bertz CT molecular complexity index is 970. The summed E-state index contributed by atoms with van der Waals surface area (Å²) in [5.41, 5.74) is 2.93. The van der Waals surface area contributed by atoms with Crippen LogP contribution in [0, 0.1) is 13.8 Å². The number of carbonyl (C=O) groups excluding carboxylic acids is 1. The zero-order valence-corrected chi connectivity index (χ0v) is 14.9. The highest BCUT2D eigenvalue weighted by Gasteiger charge is 2.20. The van der Waals surface area contributed by atoms with Gasteiger partial charge in [0, 0.05) is 0 Å². The third-order valence-corrected chi connectivity index (χ3v) is 6.35. The van der Waals surface area contributed by atoms with E-state index in [4.69, 9.17) is 0 Å². The maximum atomic E-state index is 12.2. The Labute approximate surface area is 144 Å². The van der Waals surface area contributed by atoms with Crippen molar-refractivity contribution in [3.63, 3.8) is 0 Å². The fraction of sp³-hybridized carbons (Fsp3) is 0.176. The third kappa shape index (κ3) is 3.32. The quantitative estimate of drug-likeness (QED) is 0.774. The number of thiazole rings is 1. The summed E-state index contributed by atoms with van der Waals surface area (Å²) < 4.78 is 25.5. The topological polar surface area (TPSA) is 76.1 Å². The van der Waals surface area contributed by atoms with Crippen LogP contribution in [0.2, 0.25) is 0 Å². The molecule has 0 aliphatic heterocycles. The van der Waals surface area contributed by atoms with Gasteiger partial charge in [-0.3, -0.25) is 4.79 Å². The fourth-order valence-electron chi connectivity index (χ4n) is 2.35. The zero-order chi connectivity index (χ0) is 17.3. The lowest BCUT2D eigenvalue weighted by Gasteiger charge is -2.04. The molecule has 0 fully saturated rings. The monoisotopic (exact) mass is 360 g/mol. The summed E-state index contributed by atoms with van der Waals surface area (Å²) in [4.78, 5) is 16.7. The Balaban J connectivity index is 1.81. The number of carbonyl (C=O) groups is 1. The number of nitrogens with zero attached hydrogens (tertiary/aromatic N) is 1. The molecule has 1 N–H and O–H groups in total. The molecule has 2 aromatic carbocycles. The van der Waals surface area contributed by atoms with Crippen LogP contribution in [0.5, 0.6) is 0 Å². The highest BCUT2D eigenvalue weighted by atomic mass is 32.2. The van der Waals surface area contributed by atoms with Gasteiger partial charge < -0.3 is 5.32 Å². The Morgan fingerprint density at radius 2 is 1.75 bits per heavy atom. The number of hydrogen-bond acceptors (Lipinski definition) is 5. The van der Waals surface area contributed by atoms with E-state index in [9.17, 15) is 13.2 Å². The van der Waals surface area contributed by atoms with E-state index < -0.39 is 21.5 Å². The van der Waals surface area contributed by atoms with E-state index in [1.807, 2.05) is 26.0 Å². The predicted octanol–water partition coefficient (Wildman–Crippen LogP) is 3.33. The summed E-state index contributed by atoms with van der Waals surface area (Å²) in [5.74, 6) is -1.20. The predicted molar refractivity (Wildman–Crippen MR) is 96.2 cm³/mol. The van der Waals surface area contributed by atoms with E-state index >= 15 is 0 Å².